The number of hydrogen-bond donors (Lipinski definition) is 0. The van der Waals surface area contributed by atoms with Gasteiger partial charge in [0.1, 0.15) is 12.7 Å². The van der Waals surface area contributed by atoms with Gasteiger partial charge in [0.05, 0.1) is 12.9 Å². The van der Waals surface area contributed by atoms with Crippen LogP contribution < -0.4 is 0 Å². The molecule has 0 amide bonds. The van der Waals surface area contributed by atoms with Gasteiger partial charge in [0.2, 0.25) is 0 Å². The maximum Gasteiger partial charge on any atom is 0.117 e. The summed E-state index contributed by atoms with van der Waals surface area (Å²) < 4.78 is 10.6. The second-order valence-corrected chi connectivity index (χ2v) is 3.00. The molecule has 0 saturated heterocycles. The molecule has 1 heterocycles. The SMILES string of the molecule is C1=C[C@H](OCc2ccccc2)CO1. The average molecular weight is 176 g/mol. The molecule has 1 aromatic carbocycles. The molecule has 1 aliphatic rings. The van der Waals surface area contributed by atoms with E-state index in [1.54, 1.807) is 6.26 Å². The summed E-state index contributed by atoms with van der Waals surface area (Å²) in [5, 5.41) is 0. The van der Waals surface area contributed by atoms with Crippen molar-refractivity contribution in [1.29, 1.82) is 0 Å². The van der Waals surface area contributed by atoms with Crippen molar-refractivity contribution in [3.05, 3.63) is 48.2 Å². The van der Waals surface area contributed by atoms with Crippen LogP contribution in [0.15, 0.2) is 42.7 Å². The lowest BCUT2D eigenvalue weighted by Crippen LogP contribution is -2.11. The van der Waals surface area contributed by atoms with E-state index in [1.807, 2.05) is 24.3 Å². The standard InChI is InChI=1S/C11H12O2/c1-2-4-10(5-3-1)8-13-11-6-7-12-9-11/h1-7,11H,8-9H2/t11-/m0/s1. The largest absolute Gasteiger partial charge is 0.498 e. The van der Waals surface area contributed by atoms with Gasteiger partial charge >= 0.3 is 0 Å². The second-order valence-electron chi connectivity index (χ2n) is 3.00. The highest BCUT2D eigenvalue weighted by molar-refractivity contribution is 5.13. The molecule has 2 heteroatoms. The highest BCUT2D eigenvalue weighted by Crippen LogP contribution is 2.08. The molecule has 1 aromatic rings. The Morgan fingerprint density at radius 1 is 1.31 bits per heavy atom. The van der Waals surface area contributed by atoms with Gasteiger partial charge in [0, 0.05) is 0 Å². The summed E-state index contributed by atoms with van der Waals surface area (Å²) in [5.74, 6) is 0. The maximum absolute atomic E-state index is 5.58. The Hall–Kier alpha value is -1.28. The molecule has 0 saturated carbocycles. The van der Waals surface area contributed by atoms with Crippen LogP contribution in [0.2, 0.25) is 0 Å². The lowest BCUT2D eigenvalue weighted by molar-refractivity contribution is 0.0449. The minimum absolute atomic E-state index is 0.125. The quantitative estimate of drug-likeness (QED) is 0.702. The van der Waals surface area contributed by atoms with E-state index in [0.717, 1.165) is 0 Å². The number of ether oxygens (including phenoxy) is 2. The zero-order valence-electron chi connectivity index (χ0n) is 7.35. The summed E-state index contributed by atoms with van der Waals surface area (Å²) in [7, 11) is 0. The number of hydrogen-bond acceptors (Lipinski definition) is 2. The Morgan fingerprint density at radius 2 is 2.15 bits per heavy atom. The molecule has 0 aromatic heterocycles. The van der Waals surface area contributed by atoms with Gasteiger partial charge in [-0.3, -0.25) is 0 Å². The molecule has 2 nitrogen and oxygen atoms in total. The molecule has 0 radical (unpaired) electrons. The van der Waals surface area contributed by atoms with E-state index in [1.165, 1.54) is 5.56 Å². The molecule has 0 N–H and O–H groups in total. The third-order valence-corrected chi connectivity index (χ3v) is 1.96. The van der Waals surface area contributed by atoms with Gasteiger partial charge in [-0.15, -0.1) is 0 Å². The van der Waals surface area contributed by atoms with E-state index in [4.69, 9.17) is 9.47 Å². The van der Waals surface area contributed by atoms with Gasteiger partial charge in [0.25, 0.3) is 0 Å². The summed E-state index contributed by atoms with van der Waals surface area (Å²) in [4.78, 5) is 0. The van der Waals surface area contributed by atoms with Crippen molar-refractivity contribution in [3.63, 3.8) is 0 Å². The molecule has 68 valence electrons. The smallest absolute Gasteiger partial charge is 0.117 e. The summed E-state index contributed by atoms with van der Waals surface area (Å²) in [6, 6.07) is 10.1. The van der Waals surface area contributed by atoms with Crippen LogP contribution in [0.4, 0.5) is 0 Å². The summed E-state index contributed by atoms with van der Waals surface area (Å²) >= 11 is 0. The van der Waals surface area contributed by atoms with E-state index >= 15 is 0 Å². The molecule has 13 heavy (non-hydrogen) atoms. The molecule has 0 fully saturated rings. The van der Waals surface area contributed by atoms with Gasteiger partial charge in [0.15, 0.2) is 0 Å². The first-order valence-corrected chi connectivity index (χ1v) is 4.39. The minimum Gasteiger partial charge on any atom is -0.498 e. The normalized spacial score (nSPS) is 20.2. The van der Waals surface area contributed by atoms with E-state index in [-0.39, 0.29) is 6.10 Å². The van der Waals surface area contributed by atoms with Crippen molar-refractivity contribution in [2.45, 2.75) is 12.7 Å². The van der Waals surface area contributed by atoms with E-state index < -0.39 is 0 Å². The van der Waals surface area contributed by atoms with Crippen molar-refractivity contribution in [1.82, 2.24) is 0 Å². The fraction of sp³-hybridized carbons (Fsp3) is 0.273. The molecule has 1 atom stereocenters. The van der Waals surface area contributed by atoms with Gasteiger partial charge in [-0.1, -0.05) is 30.3 Å². The van der Waals surface area contributed by atoms with Gasteiger partial charge in [-0.2, -0.15) is 0 Å². The zero-order chi connectivity index (χ0) is 8.93. The van der Waals surface area contributed by atoms with Crippen LogP contribution in [-0.4, -0.2) is 12.7 Å². The van der Waals surface area contributed by atoms with Gasteiger partial charge in [-0.05, 0) is 11.6 Å². The summed E-state index contributed by atoms with van der Waals surface area (Å²) in [6.45, 7) is 1.30. The molecule has 2 rings (SSSR count). The van der Waals surface area contributed by atoms with E-state index in [2.05, 4.69) is 12.1 Å². The first-order valence-electron chi connectivity index (χ1n) is 4.39. The fourth-order valence-electron chi connectivity index (χ4n) is 1.23. The van der Waals surface area contributed by atoms with Crippen LogP contribution in [0.5, 0.6) is 0 Å². The predicted octanol–water partition coefficient (Wildman–Crippen LogP) is 2.12. The Balaban J connectivity index is 1.82. The molecule has 0 aliphatic carbocycles. The lowest BCUT2D eigenvalue weighted by Gasteiger charge is -2.08. The Morgan fingerprint density at radius 3 is 2.85 bits per heavy atom. The zero-order valence-corrected chi connectivity index (χ0v) is 7.35. The first kappa shape index (κ1) is 8.32. The van der Waals surface area contributed by atoms with Crippen LogP contribution in [-0.2, 0) is 16.1 Å². The molecule has 0 bridgehead atoms. The van der Waals surface area contributed by atoms with Crippen molar-refractivity contribution in [2.24, 2.45) is 0 Å². The van der Waals surface area contributed by atoms with Gasteiger partial charge < -0.3 is 9.47 Å². The monoisotopic (exact) mass is 176 g/mol. The van der Waals surface area contributed by atoms with Crippen LogP contribution in [0.1, 0.15) is 5.56 Å². The molecular weight excluding hydrogens is 164 g/mol. The third kappa shape index (κ3) is 2.33. The predicted molar refractivity (Wildman–Crippen MR) is 50.1 cm³/mol. The molecule has 0 unspecified atom stereocenters. The molecule has 1 aliphatic heterocycles. The number of rotatable bonds is 3. The second kappa shape index (κ2) is 4.10. The summed E-state index contributed by atoms with van der Waals surface area (Å²) in [5.41, 5.74) is 1.20. The Bertz CT molecular complexity index is 279. The van der Waals surface area contributed by atoms with E-state index in [9.17, 15) is 0 Å². The summed E-state index contributed by atoms with van der Waals surface area (Å²) in [6.07, 6.45) is 3.75. The minimum atomic E-state index is 0.125. The Kier molecular flexibility index (Phi) is 2.62. The average Bonchev–Trinajstić information content (AvgIpc) is 2.69. The van der Waals surface area contributed by atoms with Crippen molar-refractivity contribution in [2.75, 3.05) is 6.61 Å². The number of benzene rings is 1. The van der Waals surface area contributed by atoms with Crippen LogP contribution >= 0.6 is 0 Å². The molecular formula is C11H12O2. The highest BCUT2D eigenvalue weighted by atomic mass is 16.5. The highest BCUT2D eigenvalue weighted by Gasteiger charge is 2.09. The molecule has 0 spiro atoms. The lowest BCUT2D eigenvalue weighted by atomic mass is 10.2. The third-order valence-electron chi connectivity index (χ3n) is 1.96. The Labute approximate surface area is 77.8 Å². The van der Waals surface area contributed by atoms with Crippen molar-refractivity contribution < 1.29 is 9.47 Å². The fourth-order valence-corrected chi connectivity index (χ4v) is 1.23. The first-order chi connectivity index (χ1) is 6.45. The van der Waals surface area contributed by atoms with E-state index in [0.29, 0.717) is 13.2 Å². The van der Waals surface area contributed by atoms with Gasteiger partial charge in [-0.25, -0.2) is 0 Å². The van der Waals surface area contributed by atoms with Crippen LogP contribution in [0.3, 0.4) is 0 Å². The topological polar surface area (TPSA) is 18.5 Å². The van der Waals surface area contributed by atoms with Crippen molar-refractivity contribution >= 4 is 0 Å². The van der Waals surface area contributed by atoms with Crippen molar-refractivity contribution in [3.8, 4) is 0 Å². The maximum atomic E-state index is 5.58. The van der Waals surface area contributed by atoms with Crippen LogP contribution in [0.25, 0.3) is 0 Å². The van der Waals surface area contributed by atoms with Crippen LogP contribution in [0, 0.1) is 0 Å².